The molecule has 2 saturated heterocycles. The van der Waals surface area contributed by atoms with Crippen molar-refractivity contribution in [2.75, 3.05) is 31.6 Å². The van der Waals surface area contributed by atoms with Crippen molar-refractivity contribution in [3.8, 4) is 5.75 Å². The molecule has 7 nitrogen and oxygen atoms in total. The number of halogens is 3. The highest BCUT2D eigenvalue weighted by molar-refractivity contribution is 6.35. The Kier molecular flexibility index (Phi) is 5.95. The lowest BCUT2D eigenvalue weighted by Crippen LogP contribution is -2.39. The van der Waals surface area contributed by atoms with Crippen LogP contribution in [0.2, 0.25) is 15.1 Å². The van der Waals surface area contributed by atoms with E-state index in [0.717, 1.165) is 22.6 Å². The number of fused-ring (bicyclic) bond motifs is 1. The van der Waals surface area contributed by atoms with Gasteiger partial charge in [0, 0.05) is 41.8 Å². The van der Waals surface area contributed by atoms with Crippen LogP contribution in [0, 0.1) is 0 Å². The highest BCUT2D eigenvalue weighted by atomic mass is 35.5. The summed E-state index contributed by atoms with van der Waals surface area (Å²) in [7, 11) is 1.57. The number of likely N-dealkylation sites (N-methyl/N-ethyl adjacent to an activating group) is 1. The summed E-state index contributed by atoms with van der Waals surface area (Å²) in [6.45, 7) is 1.30. The van der Waals surface area contributed by atoms with Gasteiger partial charge in [0.05, 0.1) is 22.9 Å². The van der Waals surface area contributed by atoms with Gasteiger partial charge >= 0.3 is 6.03 Å². The van der Waals surface area contributed by atoms with Crippen molar-refractivity contribution in [2.24, 2.45) is 0 Å². The molecule has 3 amide bonds. The molecular weight excluding hydrogens is 489 g/mol. The molecule has 2 aromatic rings. The number of amides is 3. The summed E-state index contributed by atoms with van der Waals surface area (Å²) in [5.74, 6) is 0.0347. The van der Waals surface area contributed by atoms with E-state index in [2.05, 4.69) is 4.90 Å². The van der Waals surface area contributed by atoms with Crippen molar-refractivity contribution in [3.05, 3.63) is 56.5 Å². The van der Waals surface area contributed by atoms with Crippen LogP contribution in [-0.4, -0.2) is 65.7 Å². The summed E-state index contributed by atoms with van der Waals surface area (Å²) in [6.07, 6.45) is 0.511. The largest absolute Gasteiger partial charge is 0.482 e. The first-order valence-corrected chi connectivity index (χ1v) is 11.8. The van der Waals surface area contributed by atoms with E-state index in [1.54, 1.807) is 31.3 Å². The van der Waals surface area contributed by atoms with Gasteiger partial charge in [-0.25, -0.2) is 9.69 Å². The number of aliphatic hydroxyl groups is 1. The molecule has 1 N–H and O–H groups in total. The summed E-state index contributed by atoms with van der Waals surface area (Å²) in [5.41, 5.74) is 2.22. The zero-order valence-corrected chi connectivity index (χ0v) is 20.1. The Hall–Kier alpha value is -2.03. The maximum atomic E-state index is 12.4. The van der Waals surface area contributed by atoms with Crippen LogP contribution in [0.5, 0.6) is 5.75 Å². The number of urea groups is 1. The monoisotopic (exact) mass is 509 g/mol. The molecule has 0 spiro atoms. The average Bonchev–Trinajstić information content (AvgIpc) is 3.41. The minimum atomic E-state index is -0.443. The smallest absolute Gasteiger partial charge is 0.331 e. The minimum Gasteiger partial charge on any atom is -0.482 e. The van der Waals surface area contributed by atoms with Crippen molar-refractivity contribution in [3.63, 3.8) is 0 Å². The molecule has 2 fully saturated rings. The molecule has 10 heteroatoms. The predicted octanol–water partition coefficient (Wildman–Crippen LogP) is 4.16. The molecule has 174 valence electrons. The third-order valence-corrected chi connectivity index (χ3v) is 7.36. The SMILES string of the molecule is CN1CC(=O)N(c2ccc(Cl)c(O[C@H]3c4cc(Cl)cc(Cl)c4C[C@H]3N3CC[C@@H](O)C3)c2)C1=O. The highest BCUT2D eigenvalue weighted by Gasteiger charge is 2.42. The van der Waals surface area contributed by atoms with Crippen LogP contribution in [0.25, 0.3) is 0 Å². The highest BCUT2D eigenvalue weighted by Crippen LogP contribution is 2.45. The number of β-amino-alcohol motifs (C(OH)–C–C–N with tert-alkyl or cyclic N) is 1. The lowest BCUT2D eigenvalue weighted by atomic mass is 10.1. The fourth-order valence-electron chi connectivity index (χ4n) is 4.88. The fourth-order valence-corrected chi connectivity index (χ4v) is 5.63. The molecule has 2 heterocycles. The molecule has 2 aromatic carbocycles. The number of hydrogen-bond acceptors (Lipinski definition) is 5. The first-order valence-electron chi connectivity index (χ1n) is 10.7. The lowest BCUT2D eigenvalue weighted by molar-refractivity contribution is -0.116. The molecule has 1 aliphatic carbocycles. The maximum absolute atomic E-state index is 12.4. The third kappa shape index (κ3) is 4.06. The van der Waals surface area contributed by atoms with Gasteiger partial charge in [-0.05, 0) is 42.7 Å². The number of ether oxygens (including phenoxy) is 1. The van der Waals surface area contributed by atoms with Crippen molar-refractivity contribution in [1.29, 1.82) is 0 Å². The first-order chi connectivity index (χ1) is 15.7. The normalized spacial score (nSPS) is 25.3. The van der Waals surface area contributed by atoms with Crippen LogP contribution in [0.1, 0.15) is 23.7 Å². The summed E-state index contributed by atoms with van der Waals surface area (Å²) in [5, 5.41) is 11.5. The van der Waals surface area contributed by atoms with Crippen LogP contribution in [-0.2, 0) is 11.2 Å². The Labute approximate surface area is 206 Å². The van der Waals surface area contributed by atoms with E-state index in [4.69, 9.17) is 39.5 Å². The summed E-state index contributed by atoms with van der Waals surface area (Å²) >= 11 is 19.3. The Balaban J connectivity index is 1.51. The molecule has 0 bridgehead atoms. The van der Waals surface area contributed by atoms with E-state index >= 15 is 0 Å². The van der Waals surface area contributed by atoms with Gasteiger partial charge in [0.15, 0.2) is 0 Å². The second-order valence-electron chi connectivity index (χ2n) is 8.69. The van der Waals surface area contributed by atoms with E-state index < -0.39 is 12.1 Å². The number of carbonyl (C=O) groups excluding carboxylic acids is 2. The van der Waals surface area contributed by atoms with Crippen LogP contribution in [0.3, 0.4) is 0 Å². The number of likely N-dealkylation sites (tertiary alicyclic amines) is 1. The number of anilines is 1. The fraction of sp³-hybridized carbons (Fsp3) is 0.391. The Morgan fingerprint density at radius 2 is 1.88 bits per heavy atom. The maximum Gasteiger partial charge on any atom is 0.331 e. The topological polar surface area (TPSA) is 73.3 Å². The van der Waals surface area contributed by atoms with Crippen LogP contribution in [0.15, 0.2) is 30.3 Å². The number of benzene rings is 2. The van der Waals surface area contributed by atoms with Crippen molar-refractivity contribution in [1.82, 2.24) is 9.80 Å². The second kappa shape index (κ2) is 8.64. The molecule has 5 rings (SSSR count). The average molecular weight is 511 g/mol. The van der Waals surface area contributed by atoms with Crippen molar-refractivity contribution < 1.29 is 19.4 Å². The van der Waals surface area contributed by atoms with E-state index in [1.165, 1.54) is 4.90 Å². The minimum absolute atomic E-state index is 0.0179. The van der Waals surface area contributed by atoms with Gasteiger partial charge in [-0.15, -0.1) is 0 Å². The Morgan fingerprint density at radius 1 is 1.09 bits per heavy atom. The number of nitrogens with zero attached hydrogens (tertiary/aromatic N) is 3. The molecule has 3 aliphatic rings. The molecule has 0 aromatic heterocycles. The second-order valence-corrected chi connectivity index (χ2v) is 9.94. The molecule has 33 heavy (non-hydrogen) atoms. The standard InChI is InChI=1S/C23H22Cl3N3O4/c1-27-11-21(31)29(23(27)32)13-2-3-17(25)20(8-13)33-22-16-6-12(24)7-18(26)15(16)9-19(22)28-5-4-14(30)10-28/h2-3,6-8,14,19,22,30H,4-5,9-11H2,1H3/t14-,19-,22+/m1/s1. The Bertz CT molecular complexity index is 1140. The number of aliphatic hydroxyl groups excluding tert-OH is 1. The zero-order valence-electron chi connectivity index (χ0n) is 17.8. The van der Waals surface area contributed by atoms with E-state index in [-0.39, 0.29) is 24.6 Å². The van der Waals surface area contributed by atoms with Crippen LogP contribution in [0.4, 0.5) is 10.5 Å². The van der Waals surface area contributed by atoms with Gasteiger partial charge in [0.25, 0.3) is 5.91 Å². The van der Waals surface area contributed by atoms with Gasteiger partial charge in [0.2, 0.25) is 0 Å². The lowest BCUT2D eigenvalue weighted by Gasteiger charge is -2.30. The first kappa shape index (κ1) is 22.7. The Morgan fingerprint density at radius 3 is 2.55 bits per heavy atom. The molecule has 2 aliphatic heterocycles. The number of hydrogen-bond donors (Lipinski definition) is 1. The van der Waals surface area contributed by atoms with Crippen molar-refractivity contribution >= 4 is 52.4 Å². The van der Waals surface area contributed by atoms with E-state index in [9.17, 15) is 14.7 Å². The zero-order chi connectivity index (χ0) is 23.4. The van der Waals surface area contributed by atoms with Gasteiger partial charge in [-0.1, -0.05) is 34.8 Å². The van der Waals surface area contributed by atoms with Gasteiger partial charge in [-0.2, -0.15) is 0 Å². The molecule has 0 radical (unpaired) electrons. The van der Waals surface area contributed by atoms with Crippen LogP contribution < -0.4 is 9.64 Å². The molecular formula is C23H22Cl3N3O4. The molecule has 3 atom stereocenters. The third-order valence-electron chi connectivity index (χ3n) is 6.49. The number of imide groups is 1. The van der Waals surface area contributed by atoms with E-state index in [1.807, 2.05) is 6.07 Å². The van der Waals surface area contributed by atoms with E-state index in [0.29, 0.717) is 45.9 Å². The van der Waals surface area contributed by atoms with Crippen LogP contribution >= 0.6 is 34.8 Å². The van der Waals surface area contributed by atoms with Gasteiger partial charge in [-0.3, -0.25) is 9.69 Å². The molecule has 0 saturated carbocycles. The van der Waals surface area contributed by atoms with Gasteiger partial charge < -0.3 is 14.7 Å². The number of rotatable bonds is 4. The summed E-state index contributed by atoms with van der Waals surface area (Å²) in [4.78, 5) is 29.5. The summed E-state index contributed by atoms with van der Waals surface area (Å²) in [6, 6.07) is 7.93. The predicted molar refractivity (Wildman–Crippen MR) is 126 cm³/mol. The summed E-state index contributed by atoms with van der Waals surface area (Å²) < 4.78 is 6.47. The van der Waals surface area contributed by atoms with Gasteiger partial charge in [0.1, 0.15) is 18.4 Å². The quantitative estimate of drug-likeness (QED) is 0.626. The number of carbonyl (C=O) groups is 2. The van der Waals surface area contributed by atoms with Crippen molar-refractivity contribution in [2.45, 2.75) is 31.1 Å². The molecule has 0 unspecified atom stereocenters.